The molecule has 2 heterocycles. The number of aromatic nitrogens is 1. The van der Waals surface area contributed by atoms with Gasteiger partial charge in [-0.05, 0) is 54.3 Å². The van der Waals surface area contributed by atoms with Crippen molar-refractivity contribution in [1.29, 1.82) is 5.26 Å². The van der Waals surface area contributed by atoms with E-state index in [2.05, 4.69) is 21.7 Å². The Hall–Kier alpha value is -4.30. The van der Waals surface area contributed by atoms with Crippen LogP contribution in [0.4, 0.5) is 15.9 Å². The number of nitrogens with one attached hydrogen (secondary N) is 2. The van der Waals surface area contributed by atoms with Gasteiger partial charge in [0.2, 0.25) is 0 Å². The normalized spacial score (nSPS) is 11.9. The predicted molar refractivity (Wildman–Crippen MR) is 143 cm³/mol. The summed E-state index contributed by atoms with van der Waals surface area (Å²) < 4.78 is 13.6. The number of thiophene rings is 1. The van der Waals surface area contributed by atoms with Gasteiger partial charge in [0, 0.05) is 22.9 Å². The summed E-state index contributed by atoms with van der Waals surface area (Å²) in [6.07, 6.45) is 0.570. The first-order valence-corrected chi connectivity index (χ1v) is 11.5. The summed E-state index contributed by atoms with van der Waals surface area (Å²) in [6.45, 7) is 1.51. The lowest BCUT2D eigenvalue weighted by Crippen LogP contribution is -2.46. The van der Waals surface area contributed by atoms with Crippen LogP contribution in [0.3, 0.4) is 0 Å². The maximum Gasteiger partial charge on any atom is 0.266 e. The fourth-order valence-electron chi connectivity index (χ4n) is 3.52. The number of aromatic hydroxyl groups is 1. The Morgan fingerprint density at radius 3 is 2.62 bits per heavy atom. The number of carbonyl (C=O) groups is 2. The van der Waals surface area contributed by atoms with Gasteiger partial charge in [-0.2, -0.15) is 5.26 Å². The van der Waals surface area contributed by atoms with E-state index in [4.69, 9.17) is 5.73 Å². The first-order chi connectivity index (χ1) is 17.2. The number of nitrogens with two attached hydrogens (primary N) is 1. The third-order valence-corrected chi connectivity index (χ3v) is 6.04. The molecule has 2 aromatic heterocycles. The van der Waals surface area contributed by atoms with Crippen molar-refractivity contribution >= 4 is 47.4 Å². The van der Waals surface area contributed by atoms with Gasteiger partial charge in [-0.1, -0.05) is 18.2 Å². The quantitative estimate of drug-likeness (QED) is 0.188. The number of hydrogen-bond donors (Lipinski definition) is 4. The maximum atomic E-state index is 13.6. The van der Waals surface area contributed by atoms with E-state index in [1.165, 1.54) is 30.4 Å². The van der Waals surface area contributed by atoms with Crippen LogP contribution >= 0.6 is 23.7 Å². The number of carbonyl (C=O) groups excluding carboxylic acids is 2. The molecule has 8 nitrogen and oxygen atoms in total. The summed E-state index contributed by atoms with van der Waals surface area (Å²) in [5.74, 6) is -1.47. The monoisotopic (exact) mass is 537 g/mol. The number of nitriles is 1. The Bertz CT molecular complexity index is 1500. The Labute approximate surface area is 222 Å². The van der Waals surface area contributed by atoms with Crippen LogP contribution in [0, 0.1) is 17.1 Å². The van der Waals surface area contributed by atoms with Crippen LogP contribution in [-0.2, 0) is 4.79 Å². The van der Waals surface area contributed by atoms with E-state index >= 15 is 0 Å². The van der Waals surface area contributed by atoms with Crippen molar-refractivity contribution in [2.75, 3.05) is 10.6 Å². The lowest BCUT2D eigenvalue weighted by Gasteiger charge is -2.21. The van der Waals surface area contributed by atoms with Crippen molar-refractivity contribution in [1.82, 2.24) is 4.98 Å². The highest BCUT2D eigenvalue weighted by atomic mass is 35.5. The van der Waals surface area contributed by atoms with Crippen molar-refractivity contribution in [2.45, 2.75) is 12.6 Å². The molecule has 0 aliphatic carbocycles. The Balaban J connectivity index is 0.00000380. The molecule has 0 spiro atoms. The second-order valence-electron chi connectivity index (χ2n) is 8.09. The number of nitrogens with zero attached hydrogens (tertiary/aromatic N) is 2. The zero-order valence-corrected chi connectivity index (χ0v) is 21.0. The molecular weight excluding hydrogens is 517 g/mol. The first kappa shape index (κ1) is 27.3. The topological polar surface area (TPSA) is 141 Å². The number of pyridine rings is 1. The highest BCUT2D eigenvalue weighted by molar-refractivity contribution is 7.12. The SMILES string of the molecule is C[C@@](N)(C=O)Nc1cccc(-c2cc(-c3ccc(F)cc3O)nc(NC(=O)c3cccs3)c2C#N)c1.Cl. The molecule has 0 unspecified atom stereocenters. The number of halogens is 2. The lowest BCUT2D eigenvalue weighted by molar-refractivity contribution is -0.111. The molecule has 0 bridgehead atoms. The van der Waals surface area contributed by atoms with E-state index in [1.54, 1.807) is 47.8 Å². The van der Waals surface area contributed by atoms with Crippen LogP contribution in [0.2, 0.25) is 0 Å². The molecule has 0 saturated heterocycles. The summed E-state index contributed by atoms with van der Waals surface area (Å²) in [5, 5.41) is 27.7. The summed E-state index contributed by atoms with van der Waals surface area (Å²) in [6, 6.07) is 17.3. The number of phenolic OH excluding ortho intramolecular Hbond substituents is 1. The lowest BCUT2D eigenvalue weighted by atomic mass is 9.97. The molecule has 37 heavy (non-hydrogen) atoms. The number of phenols is 1. The highest BCUT2D eigenvalue weighted by Crippen LogP contribution is 2.36. The van der Waals surface area contributed by atoms with Gasteiger partial charge >= 0.3 is 0 Å². The van der Waals surface area contributed by atoms with Crippen LogP contribution in [0.1, 0.15) is 22.2 Å². The van der Waals surface area contributed by atoms with E-state index in [0.29, 0.717) is 28.0 Å². The van der Waals surface area contributed by atoms with Gasteiger partial charge in [-0.25, -0.2) is 9.37 Å². The van der Waals surface area contributed by atoms with E-state index in [9.17, 15) is 24.3 Å². The molecule has 188 valence electrons. The van der Waals surface area contributed by atoms with Crippen LogP contribution < -0.4 is 16.4 Å². The largest absolute Gasteiger partial charge is 0.507 e. The standard InChI is InChI=1S/C26H20FN5O3S.ClH/c1-26(29,14-33)32-17-5-2-4-15(10-17)19-12-21(18-8-7-16(27)11-22(18)34)30-24(20(19)13-28)31-25(35)23-6-3-9-36-23;/h2-12,14,32,34H,29H2,1H3,(H,30,31,35);1H/t26-;/m0./s1. The zero-order valence-electron chi connectivity index (χ0n) is 19.4. The number of rotatable bonds is 7. The van der Waals surface area contributed by atoms with Gasteiger partial charge in [0.15, 0.2) is 12.1 Å². The number of aldehydes is 1. The third kappa shape index (κ3) is 6.10. The van der Waals surface area contributed by atoms with Crippen molar-refractivity contribution < 1.29 is 19.1 Å². The minimum Gasteiger partial charge on any atom is -0.507 e. The van der Waals surface area contributed by atoms with Crippen molar-refractivity contribution in [2.24, 2.45) is 5.73 Å². The summed E-state index contributed by atoms with van der Waals surface area (Å²) in [7, 11) is 0. The van der Waals surface area contributed by atoms with Crippen molar-refractivity contribution in [3.8, 4) is 34.2 Å². The van der Waals surface area contributed by atoms with E-state index < -0.39 is 17.4 Å². The molecule has 4 aromatic rings. The Morgan fingerprint density at radius 2 is 1.97 bits per heavy atom. The number of benzene rings is 2. The molecular formula is C26H21ClFN5O3S. The van der Waals surface area contributed by atoms with Crippen molar-refractivity contribution in [3.63, 3.8) is 0 Å². The van der Waals surface area contributed by atoms with E-state index in [0.717, 1.165) is 6.07 Å². The fourth-order valence-corrected chi connectivity index (χ4v) is 4.14. The molecule has 0 radical (unpaired) electrons. The number of amides is 1. The van der Waals surface area contributed by atoms with Gasteiger partial charge in [0.05, 0.1) is 10.6 Å². The van der Waals surface area contributed by atoms with E-state index in [1.807, 2.05) is 0 Å². The molecule has 1 atom stereocenters. The average Bonchev–Trinajstić information content (AvgIpc) is 3.39. The maximum absolute atomic E-state index is 13.6. The van der Waals surface area contributed by atoms with Gasteiger partial charge in [-0.3, -0.25) is 9.59 Å². The van der Waals surface area contributed by atoms with Crippen molar-refractivity contribution in [3.05, 3.63) is 82.3 Å². The van der Waals surface area contributed by atoms with Crippen LogP contribution in [0.25, 0.3) is 22.4 Å². The molecule has 11 heteroatoms. The zero-order chi connectivity index (χ0) is 25.9. The number of anilines is 2. The van der Waals surface area contributed by atoms with Gasteiger partial charge in [-0.15, -0.1) is 23.7 Å². The molecule has 1 amide bonds. The molecule has 4 rings (SSSR count). The smallest absolute Gasteiger partial charge is 0.266 e. The van der Waals surface area contributed by atoms with Crippen LogP contribution in [0.5, 0.6) is 5.75 Å². The predicted octanol–water partition coefficient (Wildman–Crippen LogP) is 5.15. The minimum absolute atomic E-state index is 0. The van der Waals surface area contributed by atoms with Gasteiger partial charge in [0.25, 0.3) is 5.91 Å². The Kier molecular flexibility index (Phi) is 8.24. The molecule has 0 aliphatic rings. The van der Waals surface area contributed by atoms with Gasteiger partial charge in [0.1, 0.15) is 28.9 Å². The molecule has 0 saturated carbocycles. The first-order valence-electron chi connectivity index (χ1n) is 10.6. The molecule has 5 N–H and O–H groups in total. The molecule has 0 aliphatic heterocycles. The summed E-state index contributed by atoms with van der Waals surface area (Å²) >= 11 is 1.23. The van der Waals surface area contributed by atoms with Crippen LogP contribution in [-0.4, -0.2) is 27.9 Å². The van der Waals surface area contributed by atoms with Gasteiger partial charge < -0.3 is 21.5 Å². The second kappa shape index (κ2) is 11.2. The fraction of sp³-hybridized carbons (Fsp3) is 0.0769. The average molecular weight is 538 g/mol. The summed E-state index contributed by atoms with van der Waals surface area (Å²) in [4.78, 5) is 28.9. The molecule has 2 aromatic carbocycles. The summed E-state index contributed by atoms with van der Waals surface area (Å²) in [5.41, 5.74) is 6.53. The molecule has 0 fully saturated rings. The van der Waals surface area contributed by atoms with Crippen LogP contribution in [0.15, 0.2) is 66.0 Å². The second-order valence-corrected chi connectivity index (χ2v) is 9.04. The third-order valence-electron chi connectivity index (χ3n) is 5.18. The minimum atomic E-state index is -1.32. The highest BCUT2D eigenvalue weighted by Gasteiger charge is 2.21. The Morgan fingerprint density at radius 1 is 1.19 bits per heavy atom. The van der Waals surface area contributed by atoms with E-state index in [-0.39, 0.29) is 40.8 Å². The number of hydrogen-bond acceptors (Lipinski definition) is 8.